The summed E-state index contributed by atoms with van der Waals surface area (Å²) in [7, 11) is -4.31. The van der Waals surface area contributed by atoms with Crippen molar-refractivity contribution >= 4 is 7.60 Å². The van der Waals surface area contributed by atoms with Gasteiger partial charge in [0.2, 0.25) is 0 Å². The van der Waals surface area contributed by atoms with Gasteiger partial charge in [0, 0.05) is 0 Å². The number of hydrogen-bond donors (Lipinski definition) is 1. The Balaban J connectivity index is 2.08. The standard InChI is InChI=1S/C12H19O4P/c13-12-8-6-11(7-9-12)5-3-1-2-4-10-17(14,15)16/h6-9,13H,1-5,10H2,(H2,14,15,16)/p-2. The van der Waals surface area contributed by atoms with Crippen molar-refractivity contribution in [2.24, 2.45) is 0 Å². The molecule has 0 saturated heterocycles. The van der Waals surface area contributed by atoms with Gasteiger partial charge in [-0.2, -0.15) is 0 Å². The lowest BCUT2D eigenvalue weighted by Crippen LogP contribution is -2.16. The van der Waals surface area contributed by atoms with Gasteiger partial charge in [-0.25, -0.2) is 0 Å². The van der Waals surface area contributed by atoms with Gasteiger partial charge in [0.25, 0.3) is 0 Å². The maximum atomic E-state index is 10.4. The van der Waals surface area contributed by atoms with Gasteiger partial charge in [-0.1, -0.05) is 32.6 Å². The van der Waals surface area contributed by atoms with Crippen LogP contribution in [0, 0.1) is 0 Å². The Morgan fingerprint density at radius 1 is 1.00 bits per heavy atom. The second-order valence-corrected chi connectivity index (χ2v) is 5.83. The summed E-state index contributed by atoms with van der Waals surface area (Å²) in [6.45, 7) is 0. The minimum atomic E-state index is -4.31. The van der Waals surface area contributed by atoms with Crippen LogP contribution in [-0.4, -0.2) is 11.3 Å². The zero-order valence-corrected chi connectivity index (χ0v) is 10.6. The number of rotatable bonds is 7. The molecule has 17 heavy (non-hydrogen) atoms. The topological polar surface area (TPSA) is 83.4 Å². The van der Waals surface area contributed by atoms with Crippen molar-refractivity contribution in [1.29, 1.82) is 0 Å². The van der Waals surface area contributed by atoms with E-state index in [1.54, 1.807) is 12.1 Å². The number of unbranched alkanes of at least 4 members (excludes halogenated alkanes) is 3. The van der Waals surface area contributed by atoms with Crippen molar-refractivity contribution in [1.82, 2.24) is 0 Å². The van der Waals surface area contributed by atoms with Crippen LogP contribution < -0.4 is 9.79 Å². The summed E-state index contributed by atoms with van der Waals surface area (Å²) in [5.41, 5.74) is 1.15. The molecule has 0 aliphatic heterocycles. The van der Waals surface area contributed by atoms with Crippen LogP contribution >= 0.6 is 7.60 Å². The van der Waals surface area contributed by atoms with Crippen molar-refractivity contribution < 1.29 is 19.5 Å². The van der Waals surface area contributed by atoms with Gasteiger partial charge in [0.15, 0.2) is 0 Å². The molecule has 0 amide bonds. The molecule has 1 rings (SSSR count). The highest BCUT2D eigenvalue weighted by Crippen LogP contribution is 2.25. The number of phenolic OH excluding ortho intramolecular Hbond substituents is 1. The monoisotopic (exact) mass is 256 g/mol. The van der Waals surface area contributed by atoms with E-state index in [2.05, 4.69) is 0 Å². The Hall–Kier alpha value is -0.830. The van der Waals surface area contributed by atoms with Gasteiger partial charge in [0.05, 0.1) is 0 Å². The third-order valence-corrected chi connectivity index (χ3v) is 3.45. The van der Waals surface area contributed by atoms with Crippen LogP contribution in [0.1, 0.15) is 31.2 Å². The van der Waals surface area contributed by atoms with E-state index in [1.165, 1.54) is 0 Å². The number of aromatic hydroxyl groups is 1. The Bertz CT molecular complexity index is 369. The maximum absolute atomic E-state index is 10.4. The van der Waals surface area contributed by atoms with Crippen LogP contribution in [0.2, 0.25) is 0 Å². The Morgan fingerprint density at radius 2 is 1.59 bits per heavy atom. The SMILES string of the molecule is O=P([O-])([O-])CCCCCCc1ccc(O)cc1. The summed E-state index contributed by atoms with van der Waals surface area (Å²) in [6.07, 6.45) is 3.79. The lowest BCUT2D eigenvalue weighted by atomic mass is 10.1. The molecule has 0 spiro atoms. The normalized spacial score (nSPS) is 11.6. The highest BCUT2D eigenvalue weighted by Gasteiger charge is 1.96. The highest BCUT2D eigenvalue weighted by atomic mass is 31.2. The molecule has 4 nitrogen and oxygen atoms in total. The van der Waals surface area contributed by atoms with E-state index >= 15 is 0 Å². The summed E-state index contributed by atoms with van der Waals surface area (Å²) in [5, 5.41) is 9.09. The molecule has 5 heteroatoms. The molecule has 96 valence electrons. The third kappa shape index (κ3) is 7.16. The molecule has 0 aromatic heterocycles. The van der Waals surface area contributed by atoms with Crippen LogP contribution in [0.25, 0.3) is 0 Å². The van der Waals surface area contributed by atoms with Crippen molar-refractivity contribution in [3.63, 3.8) is 0 Å². The smallest absolute Gasteiger partial charge is 0.115 e. The lowest BCUT2D eigenvalue weighted by molar-refractivity contribution is -0.313. The molecule has 0 aliphatic carbocycles. The predicted octanol–water partition coefficient (Wildman–Crippen LogP) is 1.41. The van der Waals surface area contributed by atoms with Crippen LogP contribution in [0.5, 0.6) is 5.75 Å². The fourth-order valence-electron chi connectivity index (χ4n) is 1.65. The van der Waals surface area contributed by atoms with Gasteiger partial charge in [-0.05, 0) is 43.1 Å². The molecule has 0 unspecified atom stereocenters. The first kappa shape index (κ1) is 14.2. The van der Waals surface area contributed by atoms with E-state index < -0.39 is 7.60 Å². The minimum absolute atomic E-state index is 0.230. The summed E-state index contributed by atoms with van der Waals surface area (Å²) in [5.74, 6) is 0.260. The molecule has 0 radical (unpaired) electrons. The highest BCUT2D eigenvalue weighted by molar-refractivity contribution is 7.48. The van der Waals surface area contributed by atoms with E-state index in [0.29, 0.717) is 6.42 Å². The van der Waals surface area contributed by atoms with Gasteiger partial charge in [0.1, 0.15) is 5.75 Å². The number of phenols is 1. The molecule has 0 saturated carbocycles. The summed E-state index contributed by atoms with van der Waals surface area (Å²) in [6, 6.07) is 7.05. The molecule has 1 N–H and O–H groups in total. The van der Waals surface area contributed by atoms with Crippen LogP contribution in [-0.2, 0) is 11.0 Å². The minimum Gasteiger partial charge on any atom is -0.811 e. The summed E-state index contributed by atoms with van der Waals surface area (Å²) in [4.78, 5) is 20.7. The van der Waals surface area contributed by atoms with Crippen molar-refractivity contribution in [2.75, 3.05) is 6.16 Å². The average Bonchev–Trinajstić information content (AvgIpc) is 2.24. The molecular weight excluding hydrogens is 239 g/mol. The second kappa shape index (κ2) is 6.80. The fraction of sp³-hybridized carbons (Fsp3) is 0.500. The fourth-order valence-corrected chi connectivity index (χ4v) is 2.26. The molecular formula is C12H17O4P-2. The lowest BCUT2D eigenvalue weighted by Gasteiger charge is -2.29. The van der Waals surface area contributed by atoms with Crippen molar-refractivity contribution in [2.45, 2.75) is 32.1 Å². The summed E-state index contributed by atoms with van der Waals surface area (Å²) < 4.78 is 10.4. The quantitative estimate of drug-likeness (QED) is 0.590. The van der Waals surface area contributed by atoms with Crippen LogP contribution in [0.3, 0.4) is 0 Å². The molecule has 0 fully saturated rings. The molecule has 0 heterocycles. The number of hydrogen-bond acceptors (Lipinski definition) is 4. The largest absolute Gasteiger partial charge is 0.811 e. The Morgan fingerprint density at radius 3 is 2.18 bits per heavy atom. The van der Waals surface area contributed by atoms with Crippen molar-refractivity contribution in [3.05, 3.63) is 29.8 Å². The van der Waals surface area contributed by atoms with Crippen LogP contribution in [0.15, 0.2) is 24.3 Å². The Kier molecular flexibility index (Phi) is 5.69. The van der Waals surface area contributed by atoms with E-state index in [0.717, 1.165) is 31.2 Å². The van der Waals surface area contributed by atoms with E-state index in [4.69, 9.17) is 5.11 Å². The van der Waals surface area contributed by atoms with Gasteiger partial charge in [-0.15, -0.1) is 0 Å². The molecule has 0 bridgehead atoms. The zero-order valence-electron chi connectivity index (χ0n) is 9.67. The first-order valence-corrected chi connectivity index (χ1v) is 7.49. The van der Waals surface area contributed by atoms with Gasteiger partial charge >= 0.3 is 0 Å². The molecule has 0 aliphatic rings. The second-order valence-electron chi connectivity index (χ2n) is 4.17. The maximum Gasteiger partial charge on any atom is 0.115 e. The average molecular weight is 256 g/mol. The number of benzene rings is 1. The van der Waals surface area contributed by atoms with Gasteiger partial charge in [-0.3, -0.25) is 0 Å². The first-order valence-electron chi connectivity index (χ1n) is 5.76. The van der Waals surface area contributed by atoms with Crippen molar-refractivity contribution in [3.8, 4) is 5.75 Å². The predicted molar refractivity (Wildman–Crippen MR) is 62.8 cm³/mol. The third-order valence-electron chi connectivity index (χ3n) is 2.58. The molecule has 1 aromatic carbocycles. The van der Waals surface area contributed by atoms with E-state index in [-0.39, 0.29) is 11.9 Å². The van der Waals surface area contributed by atoms with Gasteiger partial charge < -0.3 is 19.5 Å². The first-order chi connectivity index (χ1) is 7.97. The summed E-state index contributed by atoms with van der Waals surface area (Å²) >= 11 is 0. The van der Waals surface area contributed by atoms with E-state index in [9.17, 15) is 14.4 Å². The van der Waals surface area contributed by atoms with E-state index in [1.807, 2.05) is 12.1 Å². The zero-order chi connectivity index (χ0) is 12.7. The van der Waals surface area contributed by atoms with Crippen LogP contribution in [0.4, 0.5) is 0 Å². The molecule has 1 aromatic rings. The Labute approximate surface area is 101 Å². The molecule has 0 atom stereocenters. The number of aryl methyl sites for hydroxylation is 1.